The fraction of sp³-hybridized carbons (Fsp3) is 0.455. The molecule has 0 radical (unpaired) electrons. The number of nitrogens with zero attached hydrogens (tertiary/aromatic N) is 4. The van der Waals surface area contributed by atoms with Crippen LogP contribution in [-0.2, 0) is 9.26 Å². The van der Waals surface area contributed by atoms with Crippen LogP contribution < -0.4 is 5.73 Å². The van der Waals surface area contributed by atoms with Crippen molar-refractivity contribution in [3.8, 4) is 0 Å². The second-order valence-electron chi connectivity index (χ2n) is 4.83. The van der Waals surface area contributed by atoms with E-state index < -0.39 is 7.57 Å². The van der Waals surface area contributed by atoms with E-state index in [0.29, 0.717) is 17.0 Å². The summed E-state index contributed by atoms with van der Waals surface area (Å²) >= 11 is 0. The minimum atomic E-state index is -3.48. The Bertz CT molecular complexity index is 699. The summed E-state index contributed by atoms with van der Waals surface area (Å²) in [4.78, 5) is 30.5. The Morgan fingerprint density at radius 1 is 1.43 bits per heavy atom. The van der Waals surface area contributed by atoms with Gasteiger partial charge >= 0.3 is 0 Å². The van der Waals surface area contributed by atoms with Gasteiger partial charge in [-0.2, -0.15) is 0 Å². The Hall–Kier alpha value is -1.51. The zero-order valence-electron chi connectivity index (χ0n) is 11.2. The molecular formula is C11H16N5O4P. The molecule has 9 nitrogen and oxygen atoms in total. The molecule has 10 heteroatoms. The fourth-order valence-corrected chi connectivity index (χ4v) is 2.70. The van der Waals surface area contributed by atoms with Crippen molar-refractivity contribution < 1.29 is 19.0 Å². The molecule has 1 aliphatic rings. The number of fused-ring (bicyclic) bond motifs is 1. The second-order valence-corrected chi connectivity index (χ2v) is 6.42. The molecule has 0 unspecified atom stereocenters. The lowest BCUT2D eigenvalue weighted by Gasteiger charge is -2.17. The Balaban J connectivity index is 1.73. The van der Waals surface area contributed by atoms with Crippen LogP contribution in [0.4, 0.5) is 5.82 Å². The molecule has 1 saturated heterocycles. The molecule has 3 rings (SSSR count). The number of nitrogens with two attached hydrogens (primary N) is 1. The number of nitrogen functional groups attached to an aromatic ring is 1. The standard InChI is InChI=1S/C11H16N5O4P/c1-21(17,18)19-4-7-2-3-8(20-7)16-6-15-9-10(12)13-5-14-11(9)16/h5-8,17-18H,1-4H2,(H2,12,13,14)/t7-,8+/m0/s1. The second kappa shape index (κ2) is 5.36. The van der Waals surface area contributed by atoms with Gasteiger partial charge < -0.3 is 24.8 Å². The molecule has 2 aromatic rings. The van der Waals surface area contributed by atoms with Crippen LogP contribution in [0.25, 0.3) is 11.2 Å². The average Bonchev–Trinajstić information content (AvgIpc) is 3.02. The molecule has 0 bridgehead atoms. The summed E-state index contributed by atoms with van der Waals surface area (Å²) in [6, 6.07) is 0. The summed E-state index contributed by atoms with van der Waals surface area (Å²) in [7, 11) is -3.48. The number of aromatic nitrogens is 4. The van der Waals surface area contributed by atoms with Crippen molar-refractivity contribution >= 4 is 30.8 Å². The summed E-state index contributed by atoms with van der Waals surface area (Å²) in [6.07, 6.45) is 7.13. The minimum Gasteiger partial charge on any atom is -0.382 e. The molecule has 2 atom stereocenters. The van der Waals surface area contributed by atoms with E-state index >= 15 is 0 Å². The molecule has 1 fully saturated rings. The van der Waals surface area contributed by atoms with Crippen LogP contribution >= 0.6 is 7.57 Å². The van der Waals surface area contributed by atoms with E-state index in [1.807, 2.05) is 0 Å². The van der Waals surface area contributed by atoms with E-state index in [1.54, 1.807) is 10.9 Å². The van der Waals surface area contributed by atoms with Gasteiger partial charge in [-0.05, 0) is 19.1 Å². The highest BCUT2D eigenvalue weighted by molar-refractivity contribution is 7.57. The summed E-state index contributed by atoms with van der Waals surface area (Å²) in [5, 5.41) is 0. The van der Waals surface area contributed by atoms with Gasteiger partial charge in [0.2, 0.25) is 7.57 Å². The van der Waals surface area contributed by atoms with Crippen molar-refractivity contribution in [1.29, 1.82) is 0 Å². The van der Waals surface area contributed by atoms with Crippen LogP contribution in [0.15, 0.2) is 12.7 Å². The van der Waals surface area contributed by atoms with Crippen LogP contribution in [0.1, 0.15) is 19.1 Å². The number of imidazole rings is 1. The van der Waals surface area contributed by atoms with Crippen molar-refractivity contribution in [1.82, 2.24) is 19.5 Å². The Morgan fingerprint density at radius 2 is 2.24 bits per heavy atom. The topological polar surface area (TPSA) is 129 Å². The molecule has 21 heavy (non-hydrogen) atoms. The highest BCUT2D eigenvalue weighted by atomic mass is 31.2. The van der Waals surface area contributed by atoms with Crippen LogP contribution in [0.3, 0.4) is 0 Å². The van der Waals surface area contributed by atoms with E-state index in [1.165, 1.54) is 6.33 Å². The molecule has 0 aliphatic carbocycles. The van der Waals surface area contributed by atoms with E-state index in [4.69, 9.17) is 24.8 Å². The smallest absolute Gasteiger partial charge is 0.245 e. The van der Waals surface area contributed by atoms with Gasteiger partial charge in [0.25, 0.3) is 0 Å². The average molecular weight is 313 g/mol. The Labute approximate surface area is 120 Å². The maximum absolute atomic E-state index is 9.13. The molecule has 2 aromatic heterocycles. The first kappa shape index (κ1) is 14.4. The lowest BCUT2D eigenvalue weighted by molar-refractivity contribution is -0.0179. The normalized spacial score (nSPS) is 23.0. The third-order valence-corrected chi connectivity index (χ3v) is 3.81. The molecular weight excluding hydrogens is 297 g/mol. The van der Waals surface area contributed by atoms with Gasteiger partial charge in [0.05, 0.1) is 19.0 Å². The van der Waals surface area contributed by atoms with E-state index in [2.05, 4.69) is 21.3 Å². The summed E-state index contributed by atoms with van der Waals surface area (Å²) in [5.41, 5.74) is 6.89. The summed E-state index contributed by atoms with van der Waals surface area (Å²) in [6.45, 7) is 0.0878. The SMILES string of the molecule is C=P(O)(O)OC[C@@H]1CC[C@H](n2cnc3c(N)ncnc32)O1. The lowest BCUT2D eigenvalue weighted by Crippen LogP contribution is -2.16. The fourth-order valence-electron chi connectivity index (χ4n) is 2.30. The number of anilines is 1. The van der Waals surface area contributed by atoms with Gasteiger partial charge in [-0.25, -0.2) is 15.0 Å². The third kappa shape index (κ3) is 3.07. The molecule has 0 amide bonds. The van der Waals surface area contributed by atoms with Crippen LogP contribution in [-0.4, -0.2) is 48.3 Å². The predicted octanol–water partition coefficient (Wildman–Crippen LogP) is 0.282. The Morgan fingerprint density at radius 3 is 3.00 bits per heavy atom. The van der Waals surface area contributed by atoms with E-state index in [9.17, 15) is 0 Å². The van der Waals surface area contributed by atoms with Crippen molar-refractivity contribution in [3.05, 3.63) is 12.7 Å². The van der Waals surface area contributed by atoms with E-state index in [0.717, 1.165) is 12.8 Å². The molecule has 0 spiro atoms. The maximum atomic E-state index is 9.13. The van der Waals surface area contributed by atoms with Crippen molar-refractivity contribution in [2.24, 2.45) is 0 Å². The van der Waals surface area contributed by atoms with Gasteiger partial charge in [-0.3, -0.25) is 4.57 Å². The zero-order chi connectivity index (χ0) is 15.0. The van der Waals surface area contributed by atoms with Gasteiger partial charge in [-0.1, -0.05) is 0 Å². The number of hydrogen-bond donors (Lipinski definition) is 3. The molecule has 1 aliphatic heterocycles. The molecule has 3 heterocycles. The molecule has 4 N–H and O–H groups in total. The van der Waals surface area contributed by atoms with Crippen molar-refractivity contribution in [2.75, 3.05) is 12.3 Å². The zero-order valence-corrected chi connectivity index (χ0v) is 12.1. The van der Waals surface area contributed by atoms with Crippen molar-refractivity contribution in [2.45, 2.75) is 25.2 Å². The van der Waals surface area contributed by atoms with Gasteiger partial charge in [0.1, 0.15) is 18.1 Å². The first-order valence-corrected chi connectivity index (χ1v) is 8.16. The Kier molecular flexibility index (Phi) is 3.68. The number of ether oxygens (including phenoxy) is 1. The highest BCUT2D eigenvalue weighted by Crippen LogP contribution is 2.38. The quantitative estimate of drug-likeness (QED) is 0.687. The molecule has 114 valence electrons. The number of hydrogen-bond acceptors (Lipinski definition) is 8. The maximum Gasteiger partial charge on any atom is 0.245 e. The van der Waals surface area contributed by atoms with Gasteiger partial charge in [0.15, 0.2) is 11.5 Å². The molecule has 0 aromatic carbocycles. The largest absolute Gasteiger partial charge is 0.382 e. The van der Waals surface area contributed by atoms with Crippen LogP contribution in [0, 0.1) is 0 Å². The van der Waals surface area contributed by atoms with Crippen LogP contribution in [0.2, 0.25) is 0 Å². The number of rotatable bonds is 4. The van der Waals surface area contributed by atoms with E-state index in [-0.39, 0.29) is 18.9 Å². The predicted molar refractivity (Wildman–Crippen MR) is 77.3 cm³/mol. The molecule has 0 saturated carbocycles. The summed E-state index contributed by atoms with van der Waals surface area (Å²) in [5.74, 6) is 0.323. The third-order valence-electron chi connectivity index (χ3n) is 3.25. The first-order chi connectivity index (χ1) is 9.94. The minimum absolute atomic E-state index is 0.0878. The van der Waals surface area contributed by atoms with Gasteiger partial charge in [-0.15, -0.1) is 0 Å². The van der Waals surface area contributed by atoms with Gasteiger partial charge in [0, 0.05) is 0 Å². The monoisotopic (exact) mass is 313 g/mol. The summed E-state index contributed by atoms with van der Waals surface area (Å²) < 4.78 is 12.5. The van der Waals surface area contributed by atoms with Crippen LogP contribution in [0.5, 0.6) is 0 Å². The first-order valence-electron chi connectivity index (χ1n) is 6.36. The highest BCUT2D eigenvalue weighted by Gasteiger charge is 2.29. The lowest BCUT2D eigenvalue weighted by atomic mass is 10.2. The van der Waals surface area contributed by atoms with Crippen molar-refractivity contribution in [3.63, 3.8) is 0 Å².